The van der Waals surface area contributed by atoms with Crippen molar-refractivity contribution >= 4 is 18.3 Å². The molecule has 0 bridgehead atoms. The lowest BCUT2D eigenvalue weighted by Gasteiger charge is -2.23. The monoisotopic (exact) mass is 298 g/mol. The van der Waals surface area contributed by atoms with Crippen molar-refractivity contribution in [2.24, 2.45) is 11.1 Å². The van der Waals surface area contributed by atoms with Crippen molar-refractivity contribution in [2.45, 2.75) is 20.0 Å². The third-order valence-corrected chi connectivity index (χ3v) is 3.89. The van der Waals surface area contributed by atoms with Gasteiger partial charge < -0.3 is 15.4 Å². The van der Waals surface area contributed by atoms with Crippen LogP contribution < -0.4 is 5.73 Å². The standard InChI is InChI=1S/C15H22N2O2.ClH/c1-15(10-16)7-8-17(11-15)14(18)13-6-4-3-5-12(13)9-19-2;/h3-6H,7-11,16H2,1-2H3;1H. The maximum atomic E-state index is 12.6. The van der Waals surface area contributed by atoms with Crippen LogP contribution in [0.2, 0.25) is 0 Å². The van der Waals surface area contributed by atoms with E-state index >= 15 is 0 Å². The Morgan fingerprint density at radius 1 is 1.45 bits per heavy atom. The first kappa shape index (κ1) is 17.0. The number of carbonyl (C=O) groups excluding carboxylic acids is 1. The molecule has 1 heterocycles. The first-order valence-electron chi connectivity index (χ1n) is 6.66. The van der Waals surface area contributed by atoms with Gasteiger partial charge in [0.05, 0.1) is 6.61 Å². The molecule has 1 aliphatic heterocycles. The van der Waals surface area contributed by atoms with Crippen LogP contribution >= 0.6 is 12.4 Å². The summed E-state index contributed by atoms with van der Waals surface area (Å²) in [6.45, 7) is 4.75. The number of amides is 1. The van der Waals surface area contributed by atoms with E-state index in [0.717, 1.165) is 30.6 Å². The quantitative estimate of drug-likeness (QED) is 0.926. The van der Waals surface area contributed by atoms with Gasteiger partial charge in [0, 0.05) is 25.8 Å². The number of methoxy groups -OCH3 is 1. The van der Waals surface area contributed by atoms with Crippen molar-refractivity contribution < 1.29 is 9.53 Å². The van der Waals surface area contributed by atoms with Crippen molar-refractivity contribution in [2.75, 3.05) is 26.7 Å². The first-order valence-corrected chi connectivity index (χ1v) is 6.66. The number of likely N-dealkylation sites (tertiary alicyclic amines) is 1. The van der Waals surface area contributed by atoms with E-state index in [-0.39, 0.29) is 23.7 Å². The minimum atomic E-state index is 0. The Balaban J connectivity index is 0.00000200. The zero-order chi connectivity index (χ0) is 13.9. The van der Waals surface area contributed by atoms with Crippen molar-refractivity contribution in [1.82, 2.24) is 4.90 Å². The zero-order valence-corrected chi connectivity index (χ0v) is 12.9. The Labute approximate surface area is 126 Å². The number of halogens is 1. The van der Waals surface area contributed by atoms with E-state index in [1.165, 1.54) is 0 Å². The number of rotatable bonds is 4. The molecule has 2 rings (SSSR count). The number of nitrogens with zero attached hydrogens (tertiary/aromatic N) is 1. The van der Waals surface area contributed by atoms with E-state index in [2.05, 4.69) is 6.92 Å². The lowest BCUT2D eigenvalue weighted by atomic mass is 9.90. The maximum Gasteiger partial charge on any atom is 0.254 e. The summed E-state index contributed by atoms with van der Waals surface area (Å²) in [7, 11) is 1.64. The number of ether oxygens (including phenoxy) is 1. The summed E-state index contributed by atoms with van der Waals surface area (Å²) in [6.07, 6.45) is 0.974. The molecule has 1 fully saturated rings. The fourth-order valence-electron chi connectivity index (χ4n) is 2.54. The van der Waals surface area contributed by atoms with Gasteiger partial charge in [-0.1, -0.05) is 25.1 Å². The molecule has 1 saturated heterocycles. The van der Waals surface area contributed by atoms with E-state index in [9.17, 15) is 4.79 Å². The molecule has 1 unspecified atom stereocenters. The van der Waals surface area contributed by atoms with Gasteiger partial charge in [0.25, 0.3) is 5.91 Å². The van der Waals surface area contributed by atoms with Gasteiger partial charge in [-0.05, 0) is 30.0 Å². The summed E-state index contributed by atoms with van der Waals surface area (Å²) in [6, 6.07) is 7.63. The summed E-state index contributed by atoms with van der Waals surface area (Å²) < 4.78 is 5.15. The van der Waals surface area contributed by atoms with Crippen molar-refractivity contribution in [3.63, 3.8) is 0 Å². The number of benzene rings is 1. The van der Waals surface area contributed by atoms with Crippen LogP contribution in [0.15, 0.2) is 24.3 Å². The van der Waals surface area contributed by atoms with Gasteiger partial charge in [0.1, 0.15) is 0 Å². The second-order valence-electron chi connectivity index (χ2n) is 5.58. The molecule has 1 amide bonds. The van der Waals surface area contributed by atoms with Crippen LogP contribution in [0.4, 0.5) is 0 Å². The van der Waals surface area contributed by atoms with Crippen molar-refractivity contribution in [3.8, 4) is 0 Å². The Hall–Kier alpha value is -1.10. The maximum absolute atomic E-state index is 12.6. The van der Waals surface area contributed by atoms with Gasteiger partial charge in [-0.2, -0.15) is 0 Å². The largest absolute Gasteiger partial charge is 0.380 e. The molecule has 0 radical (unpaired) electrons. The number of carbonyl (C=O) groups is 1. The summed E-state index contributed by atoms with van der Waals surface area (Å²) in [5, 5.41) is 0. The van der Waals surface area contributed by atoms with E-state index in [1.54, 1.807) is 7.11 Å². The molecule has 1 aliphatic rings. The van der Waals surface area contributed by atoms with Gasteiger partial charge in [-0.15, -0.1) is 12.4 Å². The molecule has 2 N–H and O–H groups in total. The average Bonchev–Trinajstić information content (AvgIpc) is 2.83. The molecule has 4 nitrogen and oxygen atoms in total. The summed E-state index contributed by atoms with van der Waals surface area (Å²) >= 11 is 0. The molecular formula is C15H23ClN2O2. The second kappa shape index (κ2) is 7.07. The SMILES string of the molecule is COCc1ccccc1C(=O)N1CCC(C)(CN)C1.Cl. The topological polar surface area (TPSA) is 55.6 Å². The highest BCUT2D eigenvalue weighted by atomic mass is 35.5. The lowest BCUT2D eigenvalue weighted by molar-refractivity contribution is 0.0772. The van der Waals surface area contributed by atoms with Crippen molar-refractivity contribution in [3.05, 3.63) is 35.4 Å². The van der Waals surface area contributed by atoms with Crippen LogP contribution in [0.1, 0.15) is 29.3 Å². The third-order valence-electron chi connectivity index (χ3n) is 3.89. The molecule has 5 heteroatoms. The van der Waals surface area contributed by atoms with Crippen LogP contribution in [-0.4, -0.2) is 37.6 Å². The fourth-order valence-corrected chi connectivity index (χ4v) is 2.54. The summed E-state index contributed by atoms with van der Waals surface area (Å²) in [5.74, 6) is 0.0878. The highest BCUT2D eigenvalue weighted by molar-refractivity contribution is 5.95. The predicted molar refractivity (Wildman–Crippen MR) is 82.1 cm³/mol. The van der Waals surface area contributed by atoms with Crippen LogP contribution in [0.5, 0.6) is 0 Å². The van der Waals surface area contributed by atoms with Gasteiger partial charge in [-0.3, -0.25) is 4.79 Å². The summed E-state index contributed by atoms with van der Waals surface area (Å²) in [4.78, 5) is 14.5. The molecule has 20 heavy (non-hydrogen) atoms. The smallest absolute Gasteiger partial charge is 0.254 e. The van der Waals surface area contributed by atoms with Crippen LogP contribution in [0.25, 0.3) is 0 Å². The normalized spacial score (nSPS) is 21.6. The van der Waals surface area contributed by atoms with E-state index in [1.807, 2.05) is 29.2 Å². The molecule has 112 valence electrons. The van der Waals surface area contributed by atoms with E-state index in [0.29, 0.717) is 13.2 Å². The molecule has 1 aromatic rings. The molecule has 0 aliphatic carbocycles. The Morgan fingerprint density at radius 3 is 2.75 bits per heavy atom. The molecule has 0 saturated carbocycles. The Morgan fingerprint density at radius 2 is 2.15 bits per heavy atom. The minimum Gasteiger partial charge on any atom is -0.380 e. The highest BCUT2D eigenvalue weighted by Crippen LogP contribution is 2.29. The number of hydrogen-bond acceptors (Lipinski definition) is 3. The predicted octanol–water partition coefficient (Wildman–Crippen LogP) is 2.07. The van der Waals surface area contributed by atoms with Crippen LogP contribution in [0.3, 0.4) is 0 Å². The van der Waals surface area contributed by atoms with Crippen LogP contribution in [-0.2, 0) is 11.3 Å². The van der Waals surface area contributed by atoms with Crippen molar-refractivity contribution in [1.29, 1.82) is 0 Å². The number of nitrogens with two attached hydrogens (primary N) is 1. The Bertz CT molecular complexity index is 467. The molecule has 0 aromatic heterocycles. The van der Waals surface area contributed by atoms with Gasteiger partial charge >= 0.3 is 0 Å². The molecule has 1 atom stereocenters. The van der Waals surface area contributed by atoms with E-state index in [4.69, 9.17) is 10.5 Å². The Kier molecular flexibility index (Phi) is 5.99. The van der Waals surface area contributed by atoms with Crippen LogP contribution in [0, 0.1) is 5.41 Å². The second-order valence-corrected chi connectivity index (χ2v) is 5.58. The van der Waals surface area contributed by atoms with Gasteiger partial charge in [0.2, 0.25) is 0 Å². The van der Waals surface area contributed by atoms with Gasteiger partial charge in [0.15, 0.2) is 0 Å². The summed E-state index contributed by atoms with van der Waals surface area (Å²) in [5.41, 5.74) is 7.53. The highest BCUT2D eigenvalue weighted by Gasteiger charge is 2.35. The molecular weight excluding hydrogens is 276 g/mol. The molecule has 0 spiro atoms. The van der Waals surface area contributed by atoms with Gasteiger partial charge in [-0.25, -0.2) is 0 Å². The zero-order valence-electron chi connectivity index (χ0n) is 12.1. The molecule has 1 aromatic carbocycles. The number of hydrogen-bond donors (Lipinski definition) is 1. The minimum absolute atomic E-state index is 0. The lowest BCUT2D eigenvalue weighted by Crippen LogP contribution is -2.34. The first-order chi connectivity index (χ1) is 9.09. The van der Waals surface area contributed by atoms with E-state index < -0.39 is 0 Å². The fraction of sp³-hybridized carbons (Fsp3) is 0.533. The average molecular weight is 299 g/mol. The third kappa shape index (κ3) is 3.51.